The summed E-state index contributed by atoms with van der Waals surface area (Å²) in [6, 6.07) is 22.1. The maximum Gasteiger partial charge on any atom is 0.251 e. The van der Waals surface area contributed by atoms with Gasteiger partial charge in [-0.15, -0.1) is 17.0 Å². The van der Waals surface area contributed by atoms with E-state index in [1.807, 2.05) is 60.8 Å². The molecule has 2 aromatic carbocycles. The summed E-state index contributed by atoms with van der Waals surface area (Å²) in [6.45, 7) is 2.36. The van der Waals surface area contributed by atoms with Crippen molar-refractivity contribution in [3.8, 4) is 0 Å². The zero-order chi connectivity index (χ0) is 23.2. The normalized spacial score (nSPS) is 14.9. The maximum absolute atomic E-state index is 12.3. The Morgan fingerprint density at radius 3 is 2.71 bits per heavy atom. The molecule has 1 atom stereocenters. The van der Waals surface area contributed by atoms with Crippen molar-refractivity contribution in [3.05, 3.63) is 95.6 Å². The number of H-pyrrole nitrogens is 1. The van der Waals surface area contributed by atoms with Crippen molar-refractivity contribution in [2.24, 2.45) is 0 Å². The van der Waals surface area contributed by atoms with Crippen LogP contribution in [-0.4, -0.2) is 38.8 Å². The van der Waals surface area contributed by atoms with Gasteiger partial charge in [0.25, 0.3) is 5.91 Å². The van der Waals surface area contributed by atoms with Gasteiger partial charge in [-0.25, -0.2) is 4.98 Å². The van der Waals surface area contributed by atoms with Gasteiger partial charge in [0.1, 0.15) is 5.82 Å². The van der Waals surface area contributed by atoms with Gasteiger partial charge >= 0.3 is 0 Å². The molecular formula is C28H32BrN5O. The summed E-state index contributed by atoms with van der Waals surface area (Å²) in [7, 11) is 0. The van der Waals surface area contributed by atoms with Gasteiger partial charge in [0.15, 0.2) is 0 Å². The van der Waals surface area contributed by atoms with Gasteiger partial charge in [-0.3, -0.25) is 14.7 Å². The van der Waals surface area contributed by atoms with Crippen molar-refractivity contribution >= 4 is 33.9 Å². The van der Waals surface area contributed by atoms with E-state index in [1.54, 1.807) is 0 Å². The van der Waals surface area contributed by atoms with Crippen LogP contribution in [0.1, 0.15) is 59.2 Å². The second kappa shape index (κ2) is 12.1. The standard InChI is InChI=1S/C28H31N5O.BrH/c34-28(22-10-2-1-3-11-22)30-17-6-7-19-33(20-26-31-23-14-4-5-15-24(23)32-26)25-16-8-12-21-13-9-18-29-27(21)25;/h1-5,9-11,13-15,18,25H,6-8,12,16-17,19-20H2,(H,30,34)(H,31,32);1H. The summed E-state index contributed by atoms with van der Waals surface area (Å²) >= 11 is 0. The van der Waals surface area contributed by atoms with E-state index < -0.39 is 0 Å². The highest BCUT2D eigenvalue weighted by Crippen LogP contribution is 2.33. The molecule has 35 heavy (non-hydrogen) atoms. The predicted octanol–water partition coefficient (Wildman–Crippen LogP) is 5.63. The molecule has 0 fully saturated rings. The molecule has 2 aromatic heterocycles. The Hall–Kier alpha value is -3.03. The molecule has 2 heterocycles. The highest BCUT2D eigenvalue weighted by Gasteiger charge is 2.27. The fourth-order valence-electron chi connectivity index (χ4n) is 4.89. The molecular weight excluding hydrogens is 502 g/mol. The number of unbranched alkanes of at least 4 members (excludes halogenated alkanes) is 1. The van der Waals surface area contributed by atoms with Crippen LogP contribution in [0.3, 0.4) is 0 Å². The van der Waals surface area contributed by atoms with Crippen molar-refractivity contribution in [3.63, 3.8) is 0 Å². The largest absolute Gasteiger partial charge is 0.352 e. The zero-order valence-corrected chi connectivity index (χ0v) is 21.5. The van der Waals surface area contributed by atoms with Crippen LogP contribution >= 0.6 is 17.0 Å². The van der Waals surface area contributed by atoms with Crippen LogP contribution in [0.25, 0.3) is 11.0 Å². The van der Waals surface area contributed by atoms with E-state index in [0.29, 0.717) is 12.1 Å². The number of benzene rings is 2. The Morgan fingerprint density at radius 1 is 1.03 bits per heavy atom. The van der Waals surface area contributed by atoms with Crippen LogP contribution < -0.4 is 5.32 Å². The van der Waals surface area contributed by atoms with Crippen LogP contribution in [0.2, 0.25) is 0 Å². The SMILES string of the molecule is Br.O=C(NCCCCN(Cc1nc2ccccc2[nH]1)C1CCCc2cccnc21)c1ccccc1. The average Bonchev–Trinajstić information content (AvgIpc) is 3.30. The average molecular weight is 535 g/mol. The molecule has 0 saturated heterocycles. The van der Waals surface area contributed by atoms with Crippen molar-refractivity contribution in [2.45, 2.75) is 44.7 Å². The molecule has 2 N–H and O–H groups in total. The lowest BCUT2D eigenvalue weighted by Crippen LogP contribution is -2.33. The number of hydrogen-bond acceptors (Lipinski definition) is 4. The Labute approximate surface area is 217 Å². The number of rotatable bonds is 9. The molecule has 1 aliphatic carbocycles. The third-order valence-corrected chi connectivity index (χ3v) is 6.59. The number of pyridine rings is 1. The van der Waals surface area contributed by atoms with Gasteiger partial charge in [0, 0.05) is 18.3 Å². The molecule has 0 saturated carbocycles. The minimum Gasteiger partial charge on any atom is -0.352 e. The molecule has 1 amide bonds. The van der Waals surface area contributed by atoms with Crippen LogP contribution in [0.4, 0.5) is 0 Å². The molecule has 5 rings (SSSR count). The quantitative estimate of drug-likeness (QED) is 0.273. The number of hydrogen-bond donors (Lipinski definition) is 2. The van der Waals surface area contributed by atoms with Gasteiger partial charge in [-0.2, -0.15) is 0 Å². The number of imidazole rings is 1. The van der Waals surface area contributed by atoms with Crippen LogP contribution in [-0.2, 0) is 13.0 Å². The van der Waals surface area contributed by atoms with E-state index in [0.717, 1.165) is 55.6 Å². The number of aryl methyl sites for hydroxylation is 1. The van der Waals surface area contributed by atoms with E-state index in [1.165, 1.54) is 17.7 Å². The second-order valence-electron chi connectivity index (χ2n) is 8.96. The fourth-order valence-corrected chi connectivity index (χ4v) is 4.89. The summed E-state index contributed by atoms with van der Waals surface area (Å²) in [5.74, 6) is 0.978. The van der Waals surface area contributed by atoms with Crippen molar-refractivity contribution in [2.75, 3.05) is 13.1 Å². The fraction of sp³-hybridized carbons (Fsp3) is 0.321. The number of para-hydroxylation sites is 2. The lowest BCUT2D eigenvalue weighted by molar-refractivity contribution is 0.0951. The first-order valence-electron chi connectivity index (χ1n) is 12.2. The number of halogens is 1. The summed E-state index contributed by atoms with van der Waals surface area (Å²) in [5, 5.41) is 3.05. The van der Waals surface area contributed by atoms with Gasteiger partial charge in [-0.1, -0.05) is 36.4 Å². The van der Waals surface area contributed by atoms with Crippen LogP contribution in [0.15, 0.2) is 72.9 Å². The molecule has 1 aliphatic rings. The summed E-state index contributed by atoms with van der Waals surface area (Å²) in [6.07, 6.45) is 7.21. The summed E-state index contributed by atoms with van der Waals surface area (Å²) in [4.78, 5) is 27.9. The molecule has 0 spiro atoms. The molecule has 0 radical (unpaired) electrons. The maximum atomic E-state index is 12.3. The van der Waals surface area contributed by atoms with Gasteiger partial charge in [0.2, 0.25) is 0 Å². The van der Waals surface area contributed by atoms with Crippen molar-refractivity contribution in [1.82, 2.24) is 25.2 Å². The van der Waals surface area contributed by atoms with E-state index >= 15 is 0 Å². The molecule has 182 valence electrons. The van der Waals surface area contributed by atoms with Gasteiger partial charge < -0.3 is 10.3 Å². The van der Waals surface area contributed by atoms with Gasteiger partial charge in [0.05, 0.1) is 29.3 Å². The number of nitrogens with zero attached hydrogens (tertiary/aromatic N) is 3. The van der Waals surface area contributed by atoms with Crippen molar-refractivity contribution in [1.29, 1.82) is 0 Å². The highest BCUT2D eigenvalue weighted by molar-refractivity contribution is 8.93. The number of aromatic nitrogens is 3. The Bertz CT molecular complexity index is 1210. The third kappa shape index (κ3) is 6.16. The summed E-state index contributed by atoms with van der Waals surface area (Å²) < 4.78 is 0. The molecule has 7 heteroatoms. The molecule has 6 nitrogen and oxygen atoms in total. The minimum absolute atomic E-state index is 0. The number of amides is 1. The number of aromatic amines is 1. The van der Waals surface area contributed by atoms with Crippen LogP contribution in [0.5, 0.6) is 0 Å². The first-order valence-corrected chi connectivity index (χ1v) is 12.2. The Morgan fingerprint density at radius 2 is 1.86 bits per heavy atom. The molecule has 4 aromatic rings. The first kappa shape index (κ1) is 25.1. The Kier molecular flexibility index (Phi) is 8.66. The first-order chi connectivity index (χ1) is 16.8. The van der Waals surface area contributed by atoms with E-state index in [4.69, 9.17) is 9.97 Å². The third-order valence-electron chi connectivity index (χ3n) is 6.59. The Balaban J connectivity index is 0.00000289. The summed E-state index contributed by atoms with van der Waals surface area (Å²) in [5.41, 5.74) is 5.36. The van der Waals surface area contributed by atoms with E-state index in [-0.39, 0.29) is 28.9 Å². The zero-order valence-electron chi connectivity index (χ0n) is 19.8. The van der Waals surface area contributed by atoms with Gasteiger partial charge in [-0.05, 0) is 74.5 Å². The predicted molar refractivity (Wildman–Crippen MR) is 145 cm³/mol. The number of fused-ring (bicyclic) bond motifs is 2. The number of carbonyl (C=O) groups is 1. The lowest BCUT2D eigenvalue weighted by Gasteiger charge is -2.34. The smallest absolute Gasteiger partial charge is 0.251 e. The molecule has 0 bridgehead atoms. The number of carbonyl (C=O) groups excluding carboxylic acids is 1. The van der Waals surface area contributed by atoms with E-state index in [2.05, 4.69) is 27.3 Å². The monoisotopic (exact) mass is 533 g/mol. The molecule has 1 unspecified atom stereocenters. The minimum atomic E-state index is -0.00913. The lowest BCUT2D eigenvalue weighted by atomic mass is 9.90. The van der Waals surface area contributed by atoms with Crippen molar-refractivity contribution < 1.29 is 4.79 Å². The molecule has 0 aliphatic heterocycles. The topological polar surface area (TPSA) is 73.9 Å². The van der Waals surface area contributed by atoms with Crippen LogP contribution in [0, 0.1) is 0 Å². The highest BCUT2D eigenvalue weighted by atomic mass is 79.9. The number of nitrogens with one attached hydrogen (secondary N) is 2. The second-order valence-corrected chi connectivity index (χ2v) is 8.96. The van der Waals surface area contributed by atoms with E-state index in [9.17, 15) is 4.79 Å².